The van der Waals surface area contributed by atoms with E-state index in [9.17, 15) is 0 Å². The second kappa shape index (κ2) is 5.13. The van der Waals surface area contributed by atoms with E-state index in [0.717, 1.165) is 24.3 Å². The smallest absolute Gasteiger partial charge is 0.00462 e. The molecule has 0 spiro atoms. The van der Waals surface area contributed by atoms with E-state index in [1.807, 2.05) is 0 Å². The van der Waals surface area contributed by atoms with Gasteiger partial charge in [-0.05, 0) is 63.1 Å². The van der Waals surface area contributed by atoms with Gasteiger partial charge < -0.3 is 11.1 Å². The summed E-state index contributed by atoms with van der Waals surface area (Å²) in [5.41, 5.74) is 5.78. The Hall–Kier alpha value is -0.0800. The molecule has 1 aliphatic heterocycles. The maximum absolute atomic E-state index is 5.78. The first-order valence-electron chi connectivity index (χ1n) is 6.31. The van der Waals surface area contributed by atoms with Gasteiger partial charge in [-0.25, -0.2) is 0 Å². The second-order valence-corrected chi connectivity index (χ2v) is 5.12. The van der Waals surface area contributed by atoms with Gasteiger partial charge in [-0.2, -0.15) is 0 Å². The number of piperidine rings is 1. The van der Waals surface area contributed by atoms with E-state index in [-0.39, 0.29) is 0 Å². The van der Waals surface area contributed by atoms with Crippen molar-refractivity contribution in [2.45, 2.75) is 38.5 Å². The summed E-state index contributed by atoms with van der Waals surface area (Å²) in [5.74, 6) is 2.84. The van der Waals surface area contributed by atoms with Crippen molar-refractivity contribution in [2.75, 3.05) is 19.6 Å². The molecular formula is C12H24N2. The topological polar surface area (TPSA) is 38.0 Å². The van der Waals surface area contributed by atoms with Crippen LogP contribution in [0.2, 0.25) is 0 Å². The van der Waals surface area contributed by atoms with Crippen molar-refractivity contribution in [1.29, 1.82) is 0 Å². The van der Waals surface area contributed by atoms with Crippen LogP contribution in [0.5, 0.6) is 0 Å². The van der Waals surface area contributed by atoms with Gasteiger partial charge in [0.1, 0.15) is 0 Å². The van der Waals surface area contributed by atoms with E-state index >= 15 is 0 Å². The summed E-state index contributed by atoms with van der Waals surface area (Å²) in [7, 11) is 0. The highest BCUT2D eigenvalue weighted by Gasteiger charge is 2.28. The average Bonchev–Trinajstić information content (AvgIpc) is 2.30. The lowest BCUT2D eigenvalue weighted by Crippen LogP contribution is -2.34. The maximum Gasteiger partial charge on any atom is -0.00462 e. The van der Waals surface area contributed by atoms with E-state index in [1.54, 1.807) is 0 Å². The molecule has 1 heterocycles. The van der Waals surface area contributed by atoms with Crippen LogP contribution in [-0.4, -0.2) is 19.6 Å². The highest BCUT2D eigenvalue weighted by Crippen LogP contribution is 2.36. The molecule has 2 heteroatoms. The molecule has 1 saturated heterocycles. The van der Waals surface area contributed by atoms with Crippen LogP contribution in [0.25, 0.3) is 0 Å². The van der Waals surface area contributed by atoms with Crippen LogP contribution >= 0.6 is 0 Å². The van der Waals surface area contributed by atoms with Gasteiger partial charge in [-0.1, -0.05) is 12.8 Å². The molecule has 0 aromatic carbocycles. The largest absolute Gasteiger partial charge is 0.330 e. The fourth-order valence-corrected chi connectivity index (χ4v) is 3.29. The number of nitrogens with one attached hydrogen (secondary N) is 1. The Kier molecular flexibility index (Phi) is 3.82. The molecule has 3 N–H and O–H groups in total. The van der Waals surface area contributed by atoms with Gasteiger partial charge in [-0.15, -0.1) is 0 Å². The van der Waals surface area contributed by atoms with E-state index in [4.69, 9.17) is 5.73 Å². The molecule has 0 aromatic rings. The quantitative estimate of drug-likeness (QED) is 0.706. The van der Waals surface area contributed by atoms with Gasteiger partial charge in [0, 0.05) is 0 Å². The lowest BCUT2D eigenvalue weighted by Gasteiger charge is -2.36. The summed E-state index contributed by atoms with van der Waals surface area (Å²) in [6.07, 6.45) is 8.51. The lowest BCUT2D eigenvalue weighted by atomic mass is 9.72. The van der Waals surface area contributed by atoms with Gasteiger partial charge in [0.25, 0.3) is 0 Å². The van der Waals surface area contributed by atoms with Crippen molar-refractivity contribution >= 4 is 0 Å². The molecule has 2 aliphatic rings. The normalized spacial score (nSPS) is 35.8. The predicted molar refractivity (Wildman–Crippen MR) is 60.1 cm³/mol. The van der Waals surface area contributed by atoms with Crippen molar-refractivity contribution in [2.24, 2.45) is 23.5 Å². The molecule has 82 valence electrons. The SMILES string of the molecule is NCC1CCCC(C2CCNCC2)C1. The fraction of sp³-hybridized carbons (Fsp3) is 1.00. The molecule has 1 saturated carbocycles. The van der Waals surface area contributed by atoms with Gasteiger partial charge in [0.2, 0.25) is 0 Å². The molecule has 2 rings (SSSR count). The van der Waals surface area contributed by atoms with Crippen molar-refractivity contribution in [1.82, 2.24) is 5.32 Å². The summed E-state index contributed by atoms with van der Waals surface area (Å²) < 4.78 is 0. The Morgan fingerprint density at radius 2 is 1.79 bits per heavy atom. The number of hydrogen-bond acceptors (Lipinski definition) is 2. The zero-order valence-electron chi connectivity index (χ0n) is 9.17. The molecule has 2 atom stereocenters. The molecule has 14 heavy (non-hydrogen) atoms. The molecule has 0 aromatic heterocycles. The minimum Gasteiger partial charge on any atom is -0.330 e. The van der Waals surface area contributed by atoms with E-state index in [0.29, 0.717) is 0 Å². The average molecular weight is 196 g/mol. The molecule has 0 radical (unpaired) electrons. The number of nitrogens with two attached hydrogens (primary N) is 1. The third kappa shape index (κ3) is 2.48. The van der Waals surface area contributed by atoms with Crippen molar-refractivity contribution in [3.8, 4) is 0 Å². The maximum atomic E-state index is 5.78. The van der Waals surface area contributed by atoms with Crippen LogP contribution in [0.1, 0.15) is 38.5 Å². The standard InChI is InChI=1S/C12H24N2/c13-9-10-2-1-3-12(8-10)11-4-6-14-7-5-11/h10-12,14H,1-9,13H2. The molecule has 2 fully saturated rings. The first-order chi connectivity index (χ1) is 6.90. The van der Waals surface area contributed by atoms with Crippen LogP contribution in [-0.2, 0) is 0 Å². The van der Waals surface area contributed by atoms with Crippen molar-refractivity contribution < 1.29 is 0 Å². The number of hydrogen-bond donors (Lipinski definition) is 2. The summed E-state index contributed by atoms with van der Waals surface area (Å²) in [5, 5.41) is 3.45. The molecular weight excluding hydrogens is 172 g/mol. The molecule has 0 bridgehead atoms. The Labute approximate surface area is 87.6 Å². The van der Waals surface area contributed by atoms with Crippen molar-refractivity contribution in [3.05, 3.63) is 0 Å². The lowest BCUT2D eigenvalue weighted by molar-refractivity contribution is 0.168. The van der Waals surface area contributed by atoms with E-state index in [2.05, 4.69) is 5.32 Å². The van der Waals surface area contributed by atoms with Crippen LogP contribution in [0, 0.1) is 17.8 Å². The van der Waals surface area contributed by atoms with Gasteiger partial charge in [-0.3, -0.25) is 0 Å². The summed E-state index contributed by atoms with van der Waals surface area (Å²) in [4.78, 5) is 0. The van der Waals surface area contributed by atoms with Crippen LogP contribution in [0.15, 0.2) is 0 Å². The molecule has 1 aliphatic carbocycles. The Morgan fingerprint density at radius 3 is 2.50 bits per heavy atom. The highest BCUT2D eigenvalue weighted by atomic mass is 14.9. The Bertz CT molecular complexity index is 164. The summed E-state index contributed by atoms with van der Waals surface area (Å²) in [6.45, 7) is 3.41. The van der Waals surface area contributed by atoms with Gasteiger partial charge in [0.05, 0.1) is 0 Å². The first kappa shape index (κ1) is 10.4. The minimum atomic E-state index is 0.837. The zero-order valence-corrected chi connectivity index (χ0v) is 9.17. The van der Waals surface area contributed by atoms with E-state index < -0.39 is 0 Å². The predicted octanol–water partition coefficient (Wildman–Crippen LogP) is 1.75. The van der Waals surface area contributed by atoms with Gasteiger partial charge >= 0.3 is 0 Å². The molecule has 0 amide bonds. The van der Waals surface area contributed by atoms with E-state index in [1.165, 1.54) is 51.6 Å². The van der Waals surface area contributed by atoms with Crippen LogP contribution in [0.3, 0.4) is 0 Å². The molecule has 2 nitrogen and oxygen atoms in total. The Balaban J connectivity index is 1.83. The molecule has 2 unspecified atom stereocenters. The van der Waals surface area contributed by atoms with Crippen LogP contribution < -0.4 is 11.1 Å². The first-order valence-corrected chi connectivity index (χ1v) is 6.31. The van der Waals surface area contributed by atoms with Crippen LogP contribution in [0.4, 0.5) is 0 Å². The second-order valence-electron chi connectivity index (χ2n) is 5.12. The zero-order chi connectivity index (χ0) is 9.80. The Morgan fingerprint density at radius 1 is 1.00 bits per heavy atom. The number of rotatable bonds is 2. The van der Waals surface area contributed by atoms with Crippen molar-refractivity contribution in [3.63, 3.8) is 0 Å². The summed E-state index contributed by atoms with van der Waals surface area (Å²) in [6, 6.07) is 0. The fourth-order valence-electron chi connectivity index (χ4n) is 3.29. The third-order valence-electron chi connectivity index (χ3n) is 4.21. The monoisotopic (exact) mass is 196 g/mol. The minimum absolute atomic E-state index is 0.837. The summed E-state index contributed by atoms with van der Waals surface area (Å²) >= 11 is 0. The third-order valence-corrected chi connectivity index (χ3v) is 4.21. The van der Waals surface area contributed by atoms with Gasteiger partial charge in [0.15, 0.2) is 0 Å². The highest BCUT2D eigenvalue weighted by molar-refractivity contribution is 4.81.